The molecular weight excluding hydrogens is 774 g/mol. The molecule has 19 nitrogen and oxygen atoms in total. The van der Waals surface area contributed by atoms with Crippen LogP contribution in [0.1, 0.15) is 43.7 Å². The summed E-state index contributed by atoms with van der Waals surface area (Å²) in [6.45, 7) is 7.40. The molecule has 2 aliphatic heterocycles. The van der Waals surface area contributed by atoms with E-state index < -0.39 is 18.1 Å². The molecule has 8 heterocycles. The number of amides is 1. The minimum absolute atomic E-state index is 0.0333. The Hall–Kier alpha value is -6.57. The molecule has 2 aliphatic rings. The number of alkyl halides is 1. The standard InChI is InChI=1S/C40H50FN15O4/c1-6-26-17-45-56-32(14-33(48-36(26)56)55-11-8-7-9-27(55)10-12-57)43-16-25-13-28(18-42-15-25)60-22-24(2)38(58)47-30-21-54(19-29(30)41)40-49-35(34-37(50-40)52(3)23-44-34)46-31-20-53(4)51-39(31)59-5/h13-15,17-18,20,23,27,29-30,43,57H,2,6-12,16,19,21-22H2,1,3-5H3,(H,47,58)(H,46,49,50)/t27-,29+,30+/m0/s1. The lowest BCUT2D eigenvalue weighted by molar-refractivity contribution is -0.118. The normalized spacial score (nSPS) is 18.0. The number of nitrogens with zero attached hydrogens (tertiary/aromatic N) is 12. The molecule has 60 heavy (non-hydrogen) atoms. The van der Waals surface area contributed by atoms with E-state index in [0.717, 1.165) is 60.6 Å². The molecule has 316 valence electrons. The minimum atomic E-state index is -1.40. The number of hydrogen-bond acceptors (Lipinski definition) is 15. The third kappa shape index (κ3) is 8.31. The van der Waals surface area contributed by atoms with Gasteiger partial charge >= 0.3 is 0 Å². The lowest BCUT2D eigenvalue weighted by Gasteiger charge is -2.36. The monoisotopic (exact) mass is 823 g/mol. The molecule has 2 fully saturated rings. The van der Waals surface area contributed by atoms with Gasteiger partial charge in [0.15, 0.2) is 22.6 Å². The maximum atomic E-state index is 15.5. The summed E-state index contributed by atoms with van der Waals surface area (Å²) in [5.41, 5.74) is 4.45. The number of halogens is 1. The van der Waals surface area contributed by atoms with Crippen molar-refractivity contribution >= 4 is 51.8 Å². The second-order valence-corrected chi connectivity index (χ2v) is 15.1. The van der Waals surface area contributed by atoms with Gasteiger partial charge in [-0.2, -0.15) is 19.6 Å². The molecule has 2 saturated heterocycles. The van der Waals surface area contributed by atoms with Gasteiger partial charge in [0.1, 0.15) is 35.9 Å². The summed E-state index contributed by atoms with van der Waals surface area (Å²) in [7, 11) is 5.11. The van der Waals surface area contributed by atoms with E-state index in [1.165, 1.54) is 7.11 Å². The Labute approximate surface area is 345 Å². The molecule has 8 rings (SSSR count). The lowest BCUT2D eigenvalue weighted by Crippen LogP contribution is -2.42. The smallest absolute Gasteiger partial charge is 0.256 e. The summed E-state index contributed by atoms with van der Waals surface area (Å²) in [6, 6.07) is 3.24. The SMILES string of the molecule is C=C(COc1cncc(CNc2cc(N3CCCC[C@H]3CCO)nc3c(CC)cnn23)c1)C(=O)N[C@@H]1CN(c2nc(Nc3cn(C)nc3OC)c3ncn(C)c3n2)C[C@H]1F. The second-order valence-electron chi connectivity index (χ2n) is 15.1. The van der Waals surface area contributed by atoms with Crippen LogP contribution in [-0.2, 0) is 31.9 Å². The van der Waals surface area contributed by atoms with Crippen LogP contribution < -0.4 is 35.2 Å². The topological polar surface area (TPSA) is 203 Å². The van der Waals surface area contributed by atoms with Gasteiger partial charge in [-0.15, -0.1) is 5.10 Å². The van der Waals surface area contributed by atoms with E-state index in [2.05, 4.69) is 59.5 Å². The molecule has 0 spiro atoms. The average molecular weight is 824 g/mol. The first-order valence-corrected chi connectivity index (χ1v) is 20.1. The average Bonchev–Trinajstić information content (AvgIpc) is 4.04. The molecular formula is C40H50FN15O4. The Kier molecular flexibility index (Phi) is 11.6. The first-order chi connectivity index (χ1) is 29.1. The van der Waals surface area contributed by atoms with Crippen LogP contribution in [0.25, 0.3) is 16.8 Å². The fourth-order valence-corrected chi connectivity index (χ4v) is 7.73. The van der Waals surface area contributed by atoms with Crippen LogP contribution in [0, 0.1) is 0 Å². The number of methoxy groups -OCH3 is 1. The fraction of sp³-hybridized carbons (Fsp3) is 0.450. The number of nitrogens with one attached hydrogen (secondary N) is 3. The van der Waals surface area contributed by atoms with Crippen LogP contribution in [0.2, 0.25) is 0 Å². The molecule has 0 aromatic carbocycles. The van der Waals surface area contributed by atoms with E-state index in [0.29, 0.717) is 47.3 Å². The van der Waals surface area contributed by atoms with Gasteiger partial charge in [-0.25, -0.2) is 14.4 Å². The van der Waals surface area contributed by atoms with Crippen LogP contribution in [0.4, 0.5) is 33.5 Å². The van der Waals surface area contributed by atoms with Gasteiger partial charge in [-0.3, -0.25) is 14.5 Å². The molecule has 0 unspecified atom stereocenters. The predicted molar refractivity (Wildman–Crippen MR) is 224 cm³/mol. The summed E-state index contributed by atoms with van der Waals surface area (Å²) in [5, 5.41) is 28.2. The number of rotatable bonds is 16. The number of aromatic nitrogens is 10. The molecule has 0 bridgehead atoms. The number of ether oxygens (including phenoxy) is 2. The zero-order valence-electron chi connectivity index (χ0n) is 34.2. The zero-order valence-corrected chi connectivity index (χ0v) is 34.2. The van der Waals surface area contributed by atoms with E-state index in [9.17, 15) is 9.90 Å². The molecule has 0 saturated carbocycles. The maximum absolute atomic E-state index is 15.5. The second kappa shape index (κ2) is 17.3. The van der Waals surface area contributed by atoms with E-state index in [1.54, 1.807) is 46.1 Å². The first kappa shape index (κ1) is 40.2. The molecule has 20 heteroatoms. The number of piperidine rings is 1. The van der Waals surface area contributed by atoms with Gasteiger partial charge < -0.3 is 44.9 Å². The lowest BCUT2D eigenvalue weighted by atomic mass is 9.99. The fourth-order valence-electron chi connectivity index (χ4n) is 7.73. The van der Waals surface area contributed by atoms with E-state index in [-0.39, 0.29) is 43.9 Å². The van der Waals surface area contributed by atoms with Crippen molar-refractivity contribution in [3.05, 3.63) is 66.5 Å². The number of imidazole rings is 1. The summed E-state index contributed by atoms with van der Waals surface area (Å²) in [4.78, 5) is 40.5. The summed E-state index contributed by atoms with van der Waals surface area (Å²) in [6.07, 6.45) is 11.8. The number of carbonyl (C=O) groups excluding carboxylic acids is 1. The minimum Gasteiger partial charge on any atom is -0.487 e. The van der Waals surface area contributed by atoms with Crippen LogP contribution in [0.15, 0.2) is 55.4 Å². The van der Waals surface area contributed by atoms with Crippen molar-refractivity contribution < 1.29 is 23.8 Å². The van der Waals surface area contributed by atoms with Crippen LogP contribution in [-0.4, -0.2) is 118 Å². The van der Waals surface area contributed by atoms with Crippen LogP contribution >= 0.6 is 0 Å². The molecule has 6 aromatic rings. The Morgan fingerprint density at radius 3 is 2.78 bits per heavy atom. The summed E-state index contributed by atoms with van der Waals surface area (Å²) >= 11 is 0. The van der Waals surface area contributed by atoms with E-state index >= 15 is 4.39 Å². The summed E-state index contributed by atoms with van der Waals surface area (Å²) < 4.78 is 32.0. The number of anilines is 5. The van der Waals surface area contributed by atoms with E-state index in [4.69, 9.17) is 19.4 Å². The van der Waals surface area contributed by atoms with Crippen molar-refractivity contribution in [2.24, 2.45) is 14.1 Å². The number of pyridine rings is 1. The summed E-state index contributed by atoms with van der Waals surface area (Å²) in [5.74, 6) is 2.61. The van der Waals surface area contributed by atoms with Crippen molar-refractivity contribution in [2.75, 3.05) is 60.4 Å². The predicted octanol–water partition coefficient (Wildman–Crippen LogP) is 3.48. The van der Waals surface area contributed by atoms with Crippen molar-refractivity contribution in [3.8, 4) is 11.6 Å². The van der Waals surface area contributed by atoms with Gasteiger partial charge in [0.2, 0.25) is 11.9 Å². The number of aliphatic hydroxyl groups excluding tert-OH is 1. The van der Waals surface area contributed by atoms with Gasteiger partial charge in [0.05, 0.1) is 44.6 Å². The zero-order chi connectivity index (χ0) is 41.9. The maximum Gasteiger partial charge on any atom is 0.256 e. The molecule has 1 amide bonds. The van der Waals surface area contributed by atoms with Crippen molar-refractivity contribution in [2.45, 2.75) is 63.8 Å². The van der Waals surface area contributed by atoms with Crippen LogP contribution in [0.3, 0.4) is 0 Å². The molecule has 4 N–H and O–H groups in total. The number of aliphatic hydroxyl groups is 1. The highest BCUT2D eigenvalue weighted by Gasteiger charge is 2.36. The number of aryl methyl sites for hydroxylation is 3. The van der Waals surface area contributed by atoms with Gasteiger partial charge in [0.25, 0.3) is 5.88 Å². The van der Waals surface area contributed by atoms with Crippen molar-refractivity contribution in [1.82, 2.24) is 54.2 Å². The van der Waals surface area contributed by atoms with Gasteiger partial charge in [-0.1, -0.05) is 13.5 Å². The molecule has 6 aromatic heterocycles. The Bertz CT molecular complexity index is 2500. The highest BCUT2D eigenvalue weighted by atomic mass is 19.1. The van der Waals surface area contributed by atoms with Crippen molar-refractivity contribution in [3.63, 3.8) is 0 Å². The first-order valence-electron chi connectivity index (χ1n) is 20.1. The number of hydrogen-bond donors (Lipinski definition) is 4. The van der Waals surface area contributed by atoms with Crippen LogP contribution in [0.5, 0.6) is 11.6 Å². The molecule has 0 radical (unpaired) electrons. The third-order valence-electron chi connectivity index (χ3n) is 10.9. The van der Waals surface area contributed by atoms with Crippen molar-refractivity contribution in [1.29, 1.82) is 0 Å². The molecule has 3 atom stereocenters. The quantitative estimate of drug-likeness (QED) is 0.103. The highest BCUT2D eigenvalue weighted by molar-refractivity contribution is 5.93. The number of fused-ring (bicyclic) bond motifs is 2. The highest BCUT2D eigenvalue weighted by Crippen LogP contribution is 2.32. The Balaban J connectivity index is 0.890. The number of carbonyl (C=O) groups is 1. The molecule has 0 aliphatic carbocycles. The largest absolute Gasteiger partial charge is 0.487 e. The van der Waals surface area contributed by atoms with E-state index in [1.807, 2.05) is 29.9 Å². The third-order valence-corrected chi connectivity index (χ3v) is 10.9. The van der Waals surface area contributed by atoms with Gasteiger partial charge in [-0.05, 0) is 43.7 Å². The Morgan fingerprint density at radius 1 is 1.10 bits per heavy atom. The van der Waals surface area contributed by atoms with Gasteiger partial charge in [0, 0.05) is 69.8 Å². The Morgan fingerprint density at radius 2 is 1.97 bits per heavy atom.